The van der Waals surface area contributed by atoms with Crippen LogP contribution in [-0.4, -0.2) is 55.2 Å². The van der Waals surface area contributed by atoms with E-state index in [0.717, 1.165) is 34.9 Å². The van der Waals surface area contributed by atoms with Crippen molar-refractivity contribution in [2.75, 3.05) is 11.5 Å². The maximum atomic E-state index is 12.0. The first-order valence-electron chi connectivity index (χ1n) is 10.4. The van der Waals surface area contributed by atoms with Gasteiger partial charge in [0.1, 0.15) is 0 Å². The number of nitrogens with one attached hydrogen (secondary N) is 4. The summed E-state index contributed by atoms with van der Waals surface area (Å²) in [6.45, 7) is 0. The van der Waals surface area contributed by atoms with E-state index in [-0.39, 0.29) is 34.0 Å². The highest BCUT2D eigenvalue weighted by Gasteiger charge is 2.14. The van der Waals surface area contributed by atoms with Gasteiger partial charge in [-0.25, -0.2) is 0 Å². The number of non-ortho nitro benzene ring substituents is 2. The minimum absolute atomic E-state index is 0.102. The number of hydrogen-bond donors (Lipinski definition) is 4. The molecule has 19 heteroatoms. The van der Waals surface area contributed by atoms with Gasteiger partial charge >= 0.3 is 0 Å². The van der Waals surface area contributed by atoms with Crippen molar-refractivity contribution >= 4 is 69.9 Å². The van der Waals surface area contributed by atoms with Gasteiger partial charge in [0.15, 0.2) is 8.68 Å². The third-order valence-corrected chi connectivity index (χ3v) is 7.54. The summed E-state index contributed by atoms with van der Waals surface area (Å²) in [5, 5.41) is 29.1. The van der Waals surface area contributed by atoms with Gasteiger partial charge in [-0.2, -0.15) is 0 Å². The fourth-order valence-electron chi connectivity index (χ4n) is 2.51. The highest BCUT2D eigenvalue weighted by atomic mass is 32.2. The maximum absolute atomic E-state index is 12.0. The molecule has 0 saturated heterocycles. The van der Waals surface area contributed by atoms with Gasteiger partial charge in [0.05, 0.1) is 21.4 Å². The number of nitrogens with zero attached hydrogens (tertiary/aromatic N) is 4. The Morgan fingerprint density at radius 2 is 1.03 bits per heavy atom. The second-order valence-corrected chi connectivity index (χ2v) is 10.4. The first-order valence-corrected chi connectivity index (χ1v) is 13.2. The monoisotopic (exact) mass is 592 g/mol. The molecule has 2 aromatic carbocycles. The summed E-state index contributed by atoms with van der Waals surface area (Å²) in [6.07, 6.45) is 0. The summed E-state index contributed by atoms with van der Waals surface area (Å²) in [5.74, 6) is -2.59. The van der Waals surface area contributed by atoms with Crippen molar-refractivity contribution in [1.82, 2.24) is 31.9 Å². The lowest BCUT2D eigenvalue weighted by Crippen LogP contribution is -2.42. The van der Waals surface area contributed by atoms with E-state index in [0.29, 0.717) is 8.68 Å². The summed E-state index contributed by atoms with van der Waals surface area (Å²) in [5.41, 5.74) is 8.73. The Morgan fingerprint density at radius 3 is 1.36 bits per heavy atom. The van der Waals surface area contributed by atoms with E-state index in [1.54, 1.807) is 0 Å². The normalized spacial score (nSPS) is 10.3. The van der Waals surface area contributed by atoms with Gasteiger partial charge in [-0.3, -0.25) is 61.1 Å². The van der Waals surface area contributed by atoms with Gasteiger partial charge in [-0.05, 0) is 24.3 Å². The number of thioether (sulfide) groups is 2. The highest BCUT2D eigenvalue weighted by Crippen LogP contribution is 2.28. The van der Waals surface area contributed by atoms with Gasteiger partial charge in [-0.15, -0.1) is 10.2 Å². The van der Waals surface area contributed by atoms with E-state index < -0.39 is 33.5 Å². The van der Waals surface area contributed by atoms with Crippen LogP contribution in [0.5, 0.6) is 0 Å². The molecule has 3 aromatic rings. The topological polar surface area (TPSA) is 228 Å². The first kappa shape index (κ1) is 28.9. The van der Waals surface area contributed by atoms with Crippen LogP contribution >= 0.6 is 34.9 Å². The smallest absolute Gasteiger partial charge is 0.269 e. The molecule has 39 heavy (non-hydrogen) atoms. The Hall–Kier alpha value is -4.62. The molecule has 0 radical (unpaired) electrons. The van der Waals surface area contributed by atoms with E-state index in [2.05, 4.69) is 31.9 Å². The third kappa shape index (κ3) is 9.02. The molecule has 0 unspecified atom stereocenters. The van der Waals surface area contributed by atoms with Crippen LogP contribution in [0.2, 0.25) is 0 Å². The number of carbonyl (C=O) groups is 4. The number of rotatable bonds is 10. The molecule has 1 heterocycles. The zero-order valence-corrected chi connectivity index (χ0v) is 21.8. The van der Waals surface area contributed by atoms with Crippen LogP contribution in [0.3, 0.4) is 0 Å². The average Bonchev–Trinajstić information content (AvgIpc) is 3.40. The van der Waals surface area contributed by atoms with Crippen LogP contribution in [0, 0.1) is 20.2 Å². The molecule has 3 rings (SSSR count). The zero-order valence-electron chi connectivity index (χ0n) is 19.3. The van der Waals surface area contributed by atoms with E-state index >= 15 is 0 Å². The number of hydrogen-bond acceptors (Lipinski definition) is 13. The van der Waals surface area contributed by atoms with Crippen LogP contribution < -0.4 is 21.7 Å². The van der Waals surface area contributed by atoms with Gasteiger partial charge in [0.25, 0.3) is 23.2 Å². The Kier molecular flexibility index (Phi) is 10.2. The van der Waals surface area contributed by atoms with Crippen molar-refractivity contribution in [3.8, 4) is 0 Å². The number of hydrazine groups is 2. The quantitative estimate of drug-likeness (QED) is 0.149. The number of nitro benzene ring substituents is 2. The molecule has 0 aliphatic carbocycles. The molecule has 0 aliphatic heterocycles. The summed E-state index contributed by atoms with van der Waals surface area (Å²) in [4.78, 5) is 68.1. The average molecular weight is 593 g/mol. The molecular weight excluding hydrogens is 576 g/mol. The van der Waals surface area contributed by atoms with Crippen molar-refractivity contribution in [1.29, 1.82) is 0 Å². The molecule has 0 atom stereocenters. The maximum Gasteiger partial charge on any atom is 0.269 e. The fourth-order valence-corrected chi connectivity index (χ4v) is 5.13. The van der Waals surface area contributed by atoms with Gasteiger partial charge < -0.3 is 0 Å². The summed E-state index contributed by atoms with van der Waals surface area (Å²) < 4.78 is 0.863. The SMILES string of the molecule is O=C(CSc1nnc(SCC(=O)NNC(=O)c2ccc([N+](=O)[O-])cc2)s1)NNC(=O)c1ccc([N+](=O)[O-])cc1. The zero-order chi connectivity index (χ0) is 28.4. The Labute approximate surface area is 230 Å². The Morgan fingerprint density at radius 1 is 0.667 bits per heavy atom. The van der Waals surface area contributed by atoms with Crippen molar-refractivity contribution in [2.24, 2.45) is 0 Å². The van der Waals surface area contributed by atoms with Crippen molar-refractivity contribution < 1.29 is 29.0 Å². The first-order chi connectivity index (χ1) is 18.6. The molecule has 1 aromatic heterocycles. The molecule has 16 nitrogen and oxygen atoms in total. The predicted molar refractivity (Wildman–Crippen MR) is 139 cm³/mol. The predicted octanol–water partition coefficient (Wildman–Crippen LogP) is 1.46. The van der Waals surface area contributed by atoms with Crippen LogP contribution in [0.25, 0.3) is 0 Å². The number of benzene rings is 2. The molecule has 202 valence electrons. The van der Waals surface area contributed by atoms with E-state index in [1.165, 1.54) is 48.5 Å². The lowest BCUT2D eigenvalue weighted by atomic mass is 10.2. The molecule has 0 aliphatic rings. The largest absolute Gasteiger partial charge is 0.272 e. The van der Waals surface area contributed by atoms with Crippen LogP contribution in [0.4, 0.5) is 11.4 Å². The fraction of sp³-hybridized carbons (Fsp3) is 0.100. The van der Waals surface area contributed by atoms with Gasteiger partial charge in [0.2, 0.25) is 11.8 Å². The molecule has 0 spiro atoms. The highest BCUT2D eigenvalue weighted by molar-refractivity contribution is 8.03. The lowest BCUT2D eigenvalue weighted by Gasteiger charge is -2.06. The van der Waals surface area contributed by atoms with Crippen molar-refractivity contribution in [2.45, 2.75) is 8.68 Å². The van der Waals surface area contributed by atoms with Crippen LogP contribution in [-0.2, 0) is 9.59 Å². The molecule has 4 amide bonds. The van der Waals surface area contributed by atoms with E-state index in [1.807, 2.05) is 0 Å². The summed E-state index contributed by atoms with van der Waals surface area (Å²) >= 11 is 3.21. The van der Waals surface area contributed by atoms with Crippen LogP contribution in [0.15, 0.2) is 57.2 Å². The van der Waals surface area contributed by atoms with Gasteiger partial charge in [0, 0.05) is 35.4 Å². The summed E-state index contributed by atoms with van der Waals surface area (Å²) in [7, 11) is 0. The van der Waals surface area contributed by atoms with Crippen LogP contribution in [0.1, 0.15) is 20.7 Å². The molecule has 0 fully saturated rings. The number of aromatic nitrogens is 2. The van der Waals surface area contributed by atoms with Crippen molar-refractivity contribution in [3.05, 3.63) is 79.9 Å². The van der Waals surface area contributed by atoms with Gasteiger partial charge in [-0.1, -0.05) is 34.9 Å². The standard InChI is InChI=1S/C20H16N8O8S3/c29-15(21-23-17(31)11-1-5-13(6-2-11)27(33)34)9-37-19-25-26-20(39-19)38-10-16(30)22-24-18(32)12-3-7-14(8-4-12)28(35)36/h1-8H,9-10H2,(H,21,29)(H,22,30)(H,23,31)(H,24,32). The second kappa shape index (κ2) is 13.8. The lowest BCUT2D eigenvalue weighted by molar-refractivity contribution is -0.385. The third-order valence-electron chi connectivity index (χ3n) is 4.35. The molecule has 4 N–H and O–H groups in total. The van der Waals surface area contributed by atoms with E-state index in [9.17, 15) is 39.4 Å². The minimum atomic E-state index is -0.653. The number of nitro groups is 2. The summed E-state index contributed by atoms with van der Waals surface area (Å²) in [6, 6.07) is 9.67. The van der Waals surface area contributed by atoms with Crippen molar-refractivity contribution in [3.63, 3.8) is 0 Å². The van der Waals surface area contributed by atoms with E-state index in [4.69, 9.17) is 0 Å². The Bertz CT molecular complexity index is 1290. The Balaban J connectivity index is 1.34. The second-order valence-electron chi connectivity index (χ2n) is 7.02. The number of carbonyl (C=O) groups excluding carboxylic acids is 4. The molecule has 0 saturated carbocycles. The minimum Gasteiger partial charge on any atom is -0.272 e. The molecule has 0 bridgehead atoms. The molecular formula is C20H16N8O8S3. The number of amides is 4.